The standard InChI is InChI=1S/C10H19NO4/c1-7(12)15-9(13)8(11-5)6-14-10(2,3)4/h8,11H,6H2,1-5H3/t8-/m0/s1. The predicted molar refractivity (Wildman–Crippen MR) is 55.3 cm³/mol. The summed E-state index contributed by atoms with van der Waals surface area (Å²) < 4.78 is 9.86. The van der Waals surface area contributed by atoms with E-state index in [0.717, 1.165) is 0 Å². The Balaban J connectivity index is 4.13. The number of hydrogen-bond acceptors (Lipinski definition) is 5. The summed E-state index contributed by atoms with van der Waals surface area (Å²) >= 11 is 0. The van der Waals surface area contributed by atoms with Gasteiger partial charge >= 0.3 is 11.9 Å². The van der Waals surface area contributed by atoms with E-state index in [-0.39, 0.29) is 12.2 Å². The largest absolute Gasteiger partial charge is 0.392 e. The first kappa shape index (κ1) is 14.1. The van der Waals surface area contributed by atoms with Crippen LogP contribution in [0.2, 0.25) is 0 Å². The van der Waals surface area contributed by atoms with Gasteiger partial charge in [0.15, 0.2) is 0 Å². The third kappa shape index (κ3) is 7.04. The third-order valence-electron chi connectivity index (χ3n) is 1.56. The van der Waals surface area contributed by atoms with Crippen LogP contribution in [-0.2, 0) is 19.1 Å². The van der Waals surface area contributed by atoms with Crippen LogP contribution in [0.4, 0.5) is 0 Å². The molecule has 0 aliphatic carbocycles. The lowest BCUT2D eigenvalue weighted by atomic mass is 10.2. The fourth-order valence-electron chi connectivity index (χ4n) is 0.815. The number of rotatable bonds is 4. The van der Waals surface area contributed by atoms with Crippen molar-refractivity contribution in [1.82, 2.24) is 5.32 Å². The topological polar surface area (TPSA) is 64.6 Å². The molecule has 1 N–H and O–H groups in total. The second-order valence-electron chi connectivity index (χ2n) is 4.18. The van der Waals surface area contributed by atoms with E-state index in [1.807, 2.05) is 20.8 Å². The molecule has 0 aliphatic heterocycles. The van der Waals surface area contributed by atoms with E-state index in [9.17, 15) is 9.59 Å². The highest BCUT2D eigenvalue weighted by molar-refractivity contribution is 5.87. The summed E-state index contributed by atoms with van der Waals surface area (Å²) in [4.78, 5) is 21.9. The van der Waals surface area contributed by atoms with Gasteiger partial charge in [0.2, 0.25) is 0 Å². The van der Waals surface area contributed by atoms with Gasteiger partial charge in [-0.2, -0.15) is 0 Å². The molecule has 0 bridgehead atoms. The monoisotopic (exact) mass is 217 g/mol. The zero-order valence-electron chi connectivity index (χ0n) is 9.92. The van der Waals surface area contributed by atoms with E-state index in [4.69, 9.17) is 4.74 Å². The van der Waals surface area contributed by atoms with Gasteiger partial charge in [-0.05, 0) is 27.8 Å². The minimum atomic E-state index is -0.617. The summed E-state index contributed by atoms with van der Waals surface area (Å²) in [6, 6.07) is -0.617. The molecule has 0 heterocycles. The lowest BCUT2D eigenvalue weighted by Crippen LogP contribution is -2.42. The highest BCUT2D eigenvalue weighted by Gasteiger charge is 2.22. The van der Waals surface area contributed by atoms with E-state index in [2.05, 4.69) is 10.1 Å². The maximum absolute atomic E-state index is 11.3. The van der Waals surface area contributed by atoms with Crippen molar-refractivity contribution in [3.05, 3.63) is 0 Å². The molecule has 0 rings (SSSR count). The second-order valence-corrected chi connectivity index (χ2v) is 4.18. The molecular weight excluding hydrogens is 198 g/mol. The molecule has 0 amide bonds. The lowest BCUT2D eigenvalue weighted by molar-refractivity contribution is -0.161. The van der Waals surface area contributed by atoms with Gasteiger partial charge in [0, 0.05) is 6.92 Å². The Morgan fingerprint density at radius 3 is 2.20 bits per heavy atom. The number of carbonyl (C=O) groups excluding carboxylic acids is 2. The summed E-state index contributed by atoms with van der Waals surface area (Å²) in [6.45, 7) is 7.02. The normalized spacial score (nSPS) is 13.4. The van der Waals surface area contributed by atoms with Crippen molar-refractivity contribution in [1.29, 1.82) is 0 Å². The van der Waals surface area contributed by atoms with Crippen LogP contribution in [0.5, 0.6) is 0 Å². The smallest absolute Gasteiger partial charge is 0.333 e. The number of carbonyl (C=O) groups is 2. The van der Waals surface area contributed by atoms with Crippen LogP contribution in [0, 0.1) is 0 Å². The zero-order valence-corrected chi connectivity index (χ0v) is 9.92. The van der Waals surface area contributed by atoms with Crippen LogP contribution in [-0.4, -0.2) is 37.2 Å². The third-order valence-corrected chi connectivity index (χ3v) is 1.56. The minimum absolute atomic E-state index is 0.173. The fourth-order valence-corrected chi connectivity index (χ4v) is 0.815. The minimum Gasteiger partial charge on any atom is -0.392 e. The van der Waals surface area contributed by atoms with E-state index in [0.29, 0.717) is 0 Å². The number of nitrogens with one attached hydrogen (secondary N) is 1. The molecule has 0 fully saturated rings. The highest BCUT2D eigenvalue weighted by Crippen LogP contribution is 2.07. The summed E-state index contributed by atoms with van der Waals surface area (Å²) in [5, 5.41) is 2.73. The molecule has 5 nitrogen and oxygen atoms in total. The van der Waals surface area contributed by atoms with Crippen LogP contribution in [0.3, 0.4) is 0 Å². The van der Waals surface area contributed by atoms with Gasteiger partial charge in [-0.25, -0.2) is 4.79 Å². The first-order valence-electron chi connectivity index (χ1n) is 4.79. The van der Waals surface area contributed by atoms with Crippen LogP contribution >= 0.6 is 0 Å². The molecule has 1 atom stereocenters. The van der Waals surface area contributed by atoms with Crippen molar-refractivity contribution in [2.75, 3.05) is 13.7 Å². The Kier molecular flexibility index (Phi) is 5.46. The molecule has 15 heavy (non-hydrogen) atoms. The SMILES string of the molecule is CN[C@@H](COC(C)(C)C)C(=O)OC(C)=O. The van der Waals surface area contributed by atoms with Crippen molar-refractivity contribution < 1.29 is 19.1 Å². The summed E-state index contributed by atoms with van der Waals surface area (Å²) in [6.07, 6.45) is 0. The summed E-state index contributed by atoms with van der Waals surface area (Å²) in [5.74, 6) is -1.23. The molecule has 5 heteroatoms. The predicted octanol–water partition coefficient (Wildman–Crippen LogP) is 0.479. The van der Waals surface area contributed by atoms with E-state index in [1.165, 1.54) is 6.92 Å². The van der Waals surface area contributed by atoms with Gasteiger partial charge in [0.1, 0.15) is 6.04 Å². The van der Waals surface area contributed by atoms with E-state index in [1.54, 1.807) is 7.05 Å². The first-order chi connectivity index (χ1) is 6.76. The summed E-state index contributed by atoms with van der Waals surface area (Å²) in [5.41, 5.74) is -0.328. The van der Waals surface area contributed by atoms with Gasteiger partial charge < -0.3 is 14.8 Å². The van der Waals surface area contributed by atoms with Gasteiger partial charge in [-0.3, -0.25) is 4.79 Å². The van der Waals surface area contributed by atoms with Crippen molar-refractivity contribution >= 4 is 11.9 Å². The number of ether oxygens (including phenoxy) is 2. The number of likely N-dealkylation sites (N-methyl/N-ethyl adjacent to an activating group) is 1. The van der Waals surface area contributed by atoms with Crippen molar-refractivity contribution in [3.8, 4) is 0 Å². The van der Waals surface area contributed by atoms with Gasteiger partial charge in [0.05, 0.1) is 12.2 Å². The molecule has 0 saturated heterocycles. The Bertz CT molecular complexity index is 232. The van der Waals surface area contributed by atoms with Crippen molar-refractivity contribution in [2.45, 2.75) is 39.3 Å². The maximum Gasteiger partial charge on any atom is 0.333 e. The van der Waals surface area contributed by atoms with Crippen molar-refractivity contribution in [3.63, 3.8) is 0 Å². The maximum atomic E-state index is 11.3. The van der Waals surface area contributed by atoms with Gasteiger partial charge in [-0.1, -0.05) is 0 Å². The molecule has 0 spiro atoms. The molecule has 0 aromatic rings. The van der Waals surface area contributed by atoms with Gasteiger partial charge in [0.25, 0.3) is 0 Å². The molecule has 0 aliphatic rings. The molecule has 88 valence electrons. The van der Waals surface area contributed by atoms with E-state index < -0.39 is 18.0 Å². The molecular formula is C10H19NO4. The fraction of sp³-hybridized carbons (Fsp3) is 0.800. The second kappa shape index (κ2) is 5.82. The Labute approximate surface area is 90.1 Å². The van der Waals surface area contributed by atoms with Crippen molar-refractivity contribution in [2.24, 2.45) is 0 Å². The van der Waals surface area contributed by atoms with Crippen LogP contribution in [0.1, 0.15) is 27.7 Å². The van der Waals surface area contributed by atoms with Crippen LogP contribution in [0.15, 0.2) is 0 Å². The van der Waals surface area contributed by atoms with Crippen LogP contribution < -0.4 is 5.32 Å². The Morgan fingerprint density at radius 1 is 1.33 bits per heavy atom. The highest BCUT2D eigenvalue weighted by atomic mass is 16.6. The molecule has 0 saturated carbocycles. The average Bonchev–Trinajstić information content (AvgIpc) is 2.01. The number of esters is 2. The molecule has 0 aromatic carbocycles. The Morgan fingerprint density at radius 2 is 1.87 bits per heavy atom. The quantitative estimate of drug-likeness (QED) is 0.548. The molecule has 0 unspecified atom stereocenters. The zero-order chi connectivity index (χ0) is 12.1. The molecule has 0 aromatic heterocycles. The summed E-state index contributed by atoms with van der Waals surface area (Å²) in [7, 11) is 1.61. The lowest BCUT2D eigenvalue weighted by Gasteiger charge is -2.22. The van der Waals surface area contributed by atoms with E-state index >= 15 is 0 Å². The van der Waals surface area contributed by atoms with Crippen LogP contribution in [0.25, 0.3) is 0 Å². The Hall–Kier alpha value is -0.940. The average molecular weight is 217 g/mol. The molecule has 0 radical (unpaired) electrons. The van der Waals surface area contributed by atoms with Gasteiger partial charge in [-0.15, -0.1) is 0 Å². The number of hydrogen-bond donors (Lipinski definition) is 1. The first-order valence-corrected chi connectivity index (χ1v) is 4.79.